The molecule has 1 aliphatic rings. The van der Waals surface area contributed by atoms with Crippen molar-refractivity contribution in [1.82, 2.24) is 5.32 Å². The van der Waals surface area contributed by atoms with Gasteiger partial charge in [0, 0.05) is 6.04 Å². The van der Waals surface area contributed by atoms with Crippen molar-refractivity contribution in [1.29, 1.82) is 0 Å². The molecular weight excluding hydrogens is 301 g/mol. The third kappa shape index (κ3) is 3.21. The molecule has 0 radical (unpaired) electrons. The van der Waals surface area contributed by atoms with E-state index in [1.54, 1.807) is 0 Å². The predicted octanol–water partition coefficient (Wildman–Crippen LogP) is 3.55. The largest absolute Gasteiger partial charge is 0.454 e. The average molecular weight is 319 g/mol. The second kappa shape index (κ2) is 5.34. The molecule has 15 heavy (non-hydrogen) atoms. The Morgan fingerprint density at radius 1 is 1.47 bits per heavy atom. The van der Waals surface area contributed by atoms with E-state index >= 15 is 0 Å². The normalized spacial score (nSPS) is 19.6. The highest BCUT2D eigenvalue weighted by Crippen LogP contribution is 2.27. The van der Waals surface area contributed by atoms with Gasteiger partial charge in [-0.05, 0) is 60.4 Å². The summed E-state index contributed by atoms with van der Waals surface area (Å²) in [5.74, 6) is 1.92. The van der Waals surface area contributed by atoms with Crippen molar-refractivity contribution in [2.75, 3.05) is 0 Å². The van der Waals surface area contributed by atoms with Gasteiger partial charge in [-0.25, -0.2) is 0 Å². The SMILES string of the molecule is C[C@H](NCc1ccc(I)o1)C1CCCC1. The van der Waals surface area contributed by atoms with Crippen LogP contribution in [-0.2, 0) is 6.54 Å². The van der Waals surface area contributed by atoms with Gasteiger partial charge in [-0.3, -0.25) is 0 Å². The van der Waals surface area contributed by atoms with Crippen LogP contribution in [0.15, 0.2) is 16.5 Å². The van der Waals surface area contributed by atoms with E-state index in [2.05, 4.69) is 40.9 Å². The lowest BCUT2D eigenvalue weighted by Crippen LogP contribution is -2.31. The van der Waals surface area contributed by atoms with Crippen molar-refractivity contribution in [2.45, 2.75) is 45.2 Å². The third-order valence-corrected chi connectivity index (χ3v) is 3.91. The van der Waals surface area contributed by atoms with E-state index in [1.165, 1.54) is 25.7 Å². The zero-order valence-electron chi connectivity index (χ0n) is 9.13. The van der Waals surface area contributed by atoms with Crippen LogP contribution in [0.5, 0.6) is 0 Å². The Kier molecular flexibility index (Phi) is 4.08. The van der Waals surface area contributed by atoms with Gasteiger partial charge < -0.3 is 9.73 Å². The summed E-state index contributed by atoms with van der Waals surface area (Å²) in [5.41, 5.74) is 0. The van der Waals surface area contributed by atoms with E-state index in [9.17, 15) is 0 Å². The number of furan rings is 1. The number of hydrogen-bond acceptors (Lipinski definition) is 2. The zero-order chi connectivity index (χ0) is 10.7. The number of nitrogens with one attached hydrogen (secondary N) is 1. The minimum absolute atomic E-state index is 0.621. The first-order valence-electron chi connectivity index (χ1n) is 5.73. The van der Waals surface area contributed by atoms with Crippen LogP contribution < -0.4 is 5.32 Å². The maximum atomic E-state index is 5.52. The Balaban J connectivity index is 1.77. The molecular formula is C12H18INO. The molecule has 1 atom stereocenters. The summed E-state index contributed by atoms with van der Waals surface area (Å²) < 4.78 is 6.49. The quantitative estimate of drug-likeness (QED) is 0.859. The van der Waals surface area contributed by atoms with Crippen LogP contribution >= 0.6 is 22.6 Å². The van der Waals surface area contributed by atoms with Gasteiger partial charge in [0.15, 0.2) is 3.77 Å². The topological polar surface area (TPSA) is 25.2 Å². The minimum Gasteiger partial charge on any atom is -0.454 e. The van der Waals surface area contributed by atoms with Crippen LogP contribution in [0.2, 0.25) is 0 Å². The molecule has 0 aromatic carbocycles. The third-order valence-electron chi connectivity index (χ3n) is 3.33. The Morgan fingerprint density at radius 2 is 2.20 bits per heavy atom. The molecule has 2 rings (SSSR count). The van der Waals surface area contributed by atoms with Crippen LogP contribution in [0.25, 0.3) is 0 Å². The molecule has 84 valence electrons. The summed E-state index contributed by atoms with van der Waals surface area (Å²) in [6.07, 6.45) is 5.61. The van der Waals surface area contributed by atoms with Gasteiger partial charge in [0.1, 0.15) is 5.76 Å². The van der Waals surface area contributed by atoms with Crippen molar-refractivity contribution in [3.8, 4) is 0 Å². The molecule has 0 amide bonds. The highest BCUT2D eigenvalue weighted by atomic mass is 127. The van der Waals surface area contributed by atoms with Crippen molar-refractivity contribution in [3.63, 3.8) is 0 Å². The molecule has 1 heterocycles. The van der Waals surface area contributed by atoms with E-state index in [0.29, 0.717) is 6.04 Å². The summed E-state index contributed by atoms with van der Waals surface area (Å²) >= 11 is 2.20. The molecule has 3 heteroatoms. The molecule has 1 fully saturated rings. The zero-order valence-corrected chi connectivity index (χ0v) is 11.3. The molecule has 2 nitrogen and oxygen atoms in total. The molecule has 0 unspecified atom stereocenters. The van der Waals surface area contributed by atoms with Crippen LogP contribution in [-0.4, -0.2) is 6.04 Å². The van der Waals surface area contributed by atoms with Gasteiger partial charge in [0.25, 0.3) is 0 Å². The second-order valence-electron chi connectivity index (χ2n) is 4.42. The van der Waals surface area contributed by atoms with Crippen LogP contribution in [0, 0.1) is 9.68 Å². The van der Waals surface area contributed by atoms with E-state index < -0.39 is 0 Å². The van der Waals surface area contributed by atoms with Gasteiger partial charge in [-0.15, -0.1) is 0 Å². The van der Waals surface area contributed by atoms with Gasteiger partial charge in [-0.1, -0.05) is 12.8 Å². The van der Waals surface area contributed by atoms with Gasteiger partial charge in [0.05, 0.1) is 6.54 Å². The van der Waals surface area contributed by atoms with E-state index in [0.717, 1.165) is 22.0 Å². The lowest BCUT2D eigenvalue weighted by atomic mass is 10.00. The van der Waals surface area contributed by atoms with Crippen molar-refractivity contribution < 1.29 is 4.42 Å². The fraction of sp³-hybridized carbons (Fsp3) is 0.667. The Morgan fingerprint density at radius 3 is 2.80 bits per heavy atom. The first-order valence-corrected chi connectivity index (χ1v) is 6.81. The van der Waals surface area contributed by atoms with E-state index in [1.807, 2.05) is 6.07 Å². The van der Waals surface area contributed by atoms with E-state index in [-0.39, 0.29) is 0 Å². The number of halogens is 1. The molecule has 1 aromatic rings. The van der Waals surface area contributed by atoms with Crippen LogP contribution in [0.3, 0.4) is 0 Å². The summed E-state index contributed by atoms with van der Waals surface area (Å²) in [7, 11) is 0. The van der Waals surface area contributed by atoms with Crippen molar-refractivity contribution in [2.24, 2.45) is 5.92 Å². The second-order valence-corrected chi connectivity index (χ2v) is 5.48. The van der Waals surface area contributed by atoms with Gasteiger partial charge in [-0.2, -0.15) is 0 Å². The smallest absolute Gasteiger partial charge is 0.164 e. The lowest BCUT2D eigenvalue weighted by molar-refractivity contribution is 0.360. The highest BCUT2D eigenvalue weighted by molar-refractivity contribution is 14.1. The van der Waals surface area contributed by atoms with E-state index in [4.69, 9.17) is 4.42 Å². The van der Waals surface area contributed by atoms with Crippen LogP contribution in [0.1, 0.15) is 38.4 Å². The highest BCUT2D eigenvalue weighted by Gasteiger charge is 2.21. The molecule has 1 aromatic heterocycles. The standard InChI is InChI=1S/C12H18INO/c1-9(10-4-2-3-5-10)14-8-11-6-7-12(13)15-11/h6-7,9-10,14H,2-5,8H2,1H3/t9-/m0/s1. The molecule has 0 spiro atoms. The Bertz CT molecular complexity index is 304. The van der Waals surface area contributed by atoms with Crippen molar-refractivity contribution >= 4 is 22.6 Å². The fourth-order valence-corrected chi connectivity index (χ4v) is 2.80. The monoisotopic (exact) mass is 319 g/mol. The molecule has 1 N–H and O–H groups in total. The summed E-state index contributed by atoms with van der Waals surface area (Å²) in [6.45, 7) is 3.16. The predicted molar refractivity (Wildman–Crippen MR) is 69.7 cm³/mol. The first kappa shape index (κ1) is 11.5. The molecule has 1 aliphatic carbocycles. The van der Waals surface area contributed by atoms with Crippen molar-refractivity contribution in [3.05, 3.63) is 21.7 Å². The number of hydrogen-bond donors (Lipinski definition) is 1. The molecule has 0 aliphatic heterocycles. The minimum atomic E-state index is 0.621. The molecule has 0 bridgehead atoms. The maximum Gasteiger partial charge on any atom is 0.164 e. The maximum absolute atomic E-state index is 5.52. The Labute approximate surface area is 105 Å². The van der Waals surface area contributed by atoms with Gasteiger partial charge >= 0.3 is 0 Å². The van der Waals surface area contributed by atoms with Gasteiger partial charge in [0.2, 0.25) is 0 Å². The van der Waals surface area contributed by atoms with Crippen LogP contribution in [0.4, 0.5) is 0 Å². The first-order chi connectivity index (χ1) is 7.25. The lowest BCUT2D eigenvalue weighted by Gasteiger charge is -2.19. The fourth-order valence-electron chi connectivity index (χ4n) is 2.33. The summed E-state index contributed by atoms with van der Waals surface area (Å²) in [5, 5.41) is 3.56. The molecule has 1 saturated carbocycles. The Hall–Kier alpha value is -0.0300. The summed E-state index contributed by atoms with van der Waals surface area (Å²) in [4.78, 5) is 0. The number of rotatable bonds is 4. The summed E-state index contributed by atoms with van der Waals surface area (Å²) in [6, 6.07) is 4.68. The average Bonchev–Trinajstić information content (AvgIpc) is 2.84. The molecule has 0 saturated heterocycles.